The van der Waals surface area contributed by atoms with Gasteiger partial charge in [0.25, 0.3) is 0 Å². The summed E-state index contributed by atoms with van der Waals surface area (Å²) < 4.78 is 19.3. The predicted octanol–water partition coefficient (Wildman–Crippen LogP) is 1.66. The average molecular weight is 350 g/mol. The van der Waals surface area contributed by atoms with Gasteiger partial charge in [0, 0.05) is 70.3 Å². The molecule has 1 amide bonds. The summed E-state index contributed by atoms with van der Waals surface area (Å²) in [6.45, 7) is 3.17. The van der Waals surface area contributed by atoms with Crippen LogP contribution in [0.15, 0.2) is 18.7 Å². The number of alkyl halides is 1. The molecule has 0 saturated carbocycles. The van der Waals surface area contributed by atoms with Gasteiger partial charge in [0.2, 0.25) is 5.91 Å². The van der Waals surface area contributed by atoms with Crippen LogP contribution in [0.4, 0.5) is 4.39 Å². The molecule has 1 aromatic rings. The Balaban J connectivity index is 1.49. The van der Waals surface area contributed by atoms with Gasteiger partial charge in [-0.3, -0.25) is 9.69 Å². The van der Waals surface area contributed by atoms with E-state index in [1.807, 2.05) is 7.05 Å². The number of ether oxygens (including phenoxy) is 1. The highest BCUT2D eigenvalue weighted by Crippen LogP contribution is 2.24. The molecule has 0 radical (unpaired) electrons. The van der Waals surface area contributed by atoms with E-state index in [2.05, 4.69) is 14.9 Å². The summed E-state index contributed by atoms with van der Waals surface area (Å²) >= 11 is 0. The summed E-state index contributed by atoms with van der Waals surface area (Å²) in [6, 6.07) is 0.0407. The number of carbonyl (C=O) groups is 1. The third-order valence-electron chi connectivity index (χ3n) is 5.18. The highest BCUT2D eigenvalue weighted by atomic mass is 19.1. The molecule has 2 saturated heterocycles. The van der Waals surface area contributed by atoms with Crippen molar-refractivity contribution in [2.75, 3.05) is 33.4 Å². The van der Waals surface area contributed by atoms with Crippen LogP contribution < -0.4 is 0 Å². The molecule has 1 aromatic heterocycles. The fraction of sp³-hybridized carbons (Fsp3) is 0.722. The first-order valence-corrected chi connectivity index (χ1v) is 9.05. The third kappa shape index (κ3) is 5.19. The van der Waals surface area contributed by atoms with Crippen molar-refractivity contribution in [3.8, 4) is 0 Å². The monoisotopic (exact) mass is 350 g/mol. The first-order chi connectivity index (χ1) is 12.1. The number of aromatic nitrogens is 2. The number of nitrogens with zero attached hydrogens (tertiary/aromatic N) is 4. The van der Waals surface area contributed by atoms with E-state index in [9.17, 15) is 9.18 Å². The van der Waals surface area contributed by atoms with Crippen LogP contribution in [0, 0.1) is 5.92 Å². The Morgan fingerprint density at radius 2 is 2.24 bits per heavy atom. The molecule has 3 atom stereocenters. The Kier molecular flexibility index (Phi) is 6.31. The number of likely N-dealkylation sites (tertiary alicyclic amines) is 1. The summed E-state index contributed by atoms with van der Waals surface area (Å²) in [5.74, 6) is 0.644. The fourth-order valence-electron chi connectivity index (χ4n) is 3.70. The third-order valence-corrected chi connectivity index (χ3v) is 5.18. The lowest BCUT2D eigenvalue weighted by Crippen LogP contribution is -2.41. The smallest absolute Gasteiger partial charge is 0.222 e. The number of rotatable bonds is 7. The average Bonchev–Trinajstić information content (AvgIpc) is 3.23. The second kappa shape index (κ2) is 8.67. The molecule has 7 heteroatoms. The number of hydrogen-bond acceptors (Lipinski definition) is 5. The molecule has 2 fully saturated rings. The molecule has 3 heterocycles. The van der Waals surface area contributed by atoms with Crippen molar-refractivity contribution in [1.29, 1.82) is 0 Å². The maximum Gasteiger partial charge on any atom is 0.222 e. The van der Waals surface area contributed by atoms with Crippen molar-refractivity contribution in [1.82, 2.24) is 19.8 Å². The van der Waals surface area contributed by atoms with Gasteiger partial charge in [0.05, 0.1) is 0 Å². The number of halogens is 1. The molecule has 25 heavy (non-hydrogen) atoms. The summed E-state index contributed by atoms with van der Waals surface area (Å²) in [5.41, 5.74) is 0.969. The molecule has 2 aliphatic heterocycles. The van der Waals surface area contributed by atoms with Crippen molar-refractivity contribution >= 4 is 5.91 Å². The standard InChI is InChI=1S/C18H27FN4O2/c1-22(18(24)3-2-14-4-5-25-12-14)11-17-6-16(19)10-23(17)9-15-7-20-13-21-8-15/h7-8,13-14,16-17H,2-6,9-12H2,1H3/t14-,16-,17-/m0/s1. The van der Waals surface area contributed by atoms with E-state index < -0.39 is 6.17 Å². The normalized spacial score (nSPS) is 26.9. The van der Waals surface area contributed by atoms with Crippen molar-refractivity contribution in [3.05, 3.63) is 24.3 Å². The second-order valence-electron chi connectivity index (χ2n) is 7.21. The molecule has 0 aromatic carbocycles. The van der Waals surface area contributed by atoms with Crippen molar-refractivity contribution in [2.24, 2.45) is 5.92 Å². The van der Waals surface area contributed by atoms with Crippen LogP contribution in [0.25, 0.3) is 0 Å². The van der Waals surface area contributed by atoms with Crippen molar-refractivity contribution < 1.29 is 13.9 Å². The van der Waals surface area contributed by atoms with Crippen LogP contribution >= 0.6 is 0 Å². The van der Waals surface area contributed by atoms with Crippen molar-refractivity contribution in [2.45, 2.75) is 44.4 Å². The summed E-state index contributed by atoms with van der Waals surface area (Å²) in [7, 11) is 1.82. The fourth-order valence-corrected chi connectivity index (χ4v) is 3.70. The zero-order chi connectivity index (χ0) is 17.6. The quantitative estimate of drug-likeness (QED) is 0.749. The predicted molar refractivity (Wildman–Crippen MR) is 91.5 cm³/mol. The first-order valence-electron chi connectivity index (χ1n) is 9.05. The molecule has 138 valence electrons. The molecule has 0 unspecified atom stereocenters. The van der Waals surface area contributed by atoms with Gasteiger partial charge in [-0.05, 0) is 25.2 Å². The molecule has 2 aliphatic rings. The van der Waals surface area contributed by atoms with E-state index in [1.165, 1.54) is 6.33 Å². The Morgan fingerprint density at radius 3 is 2.96 bits per heavy atom. The van der Waals surface area contributed by atoms with Crippen LogP contribution in [-0.2, 0) is 16.1 Å². The van der Waals surface area contributed by atoms with Crippen LogP contribution in [0.5, 0.6) is 0 Å². The van der Waals surface area contributed by atoms with Gasteiger partial charge in [-0.15, -0.1) is 0 Å². The lowest BCUT2D eigenvalue weighted by atomic mass is 10.0. The number of likely N-dealkylation sites (N-methyl/N-ethyl adjacent to an activating group) is 1. The maximum absolute atomic E-state index is 13.9. The molecule has 0 N–H and O–H groups in total. The van der Waals surface area contributed by atoms with Gasteiger partial charge in [-0.2, -0.15) is 0 Å². The molecule has 6 nitrogen and oxygen atoms in total. The minimum atomic E-state index is -0.839. The van der Waals surface area contributed by atoms with Crippen LogP contribution in [0.2, 0.25) is 0 Å². The Morgan fingerprint density at radius 1 is 1.44 bits per heavy atom. The van der Waals surface area contributed by atoms with Gasteiger partial charge in [0.15, 0.2) is 0 Å². The number of hydrogen-bond donors (Lipinski definition) is 0. The lowest BCUT2D eigenvalue weighted by Gasteiger charge is -2.28. The highest BCUT2D eigenvalue weighted by Gasteiger charge is 2.33. The van der Waals surface area contributed by atoms with E-state index in [1.54, 1.807) is 17.3 Å². The van der Waals surface area contributed by atoms with E-state index in [0.717, 1.165) is 31.6 Å². The number of carbonyl (C=O) groups excluding carboxylic acids is 1. The zero-order valence-corrected chi connectivity index (χ0v) is 14.8. The van der Waals surface area contributed by atoms with Crippen LogP contribution in [0.1, 0.15) is 31.2 Å². The Hall–Kier alpha value is -1.60. The summed E-state index contributed by atoms with van der Waals surface area (Å²) in [5, 5.41) is 0. The van der Waals surface area contributed by atoms with Gasteiger partial charge in [-0.1, -0.05) is 0 Å². The topological polar surface area (TPSA) is 58.6 Å². The lowest BCUT2D eigenvalue weighted by molar-refractivity contribution is -0.130. The molecule has 0 bridgehead atoms. The van der Waals surface area contributed by atoms with E-state index in [-0.39, 0.29) is 11.9 Å². The highest BCUT2D eigenvalue weighted by molar-refractivity contribution is 5.75. The molecule has 0 aliphatic carbocycles. The molecule has 3 rings (SSSR count). The Bertz CT molecular complexity index is 553. The SMILES string of the molecule is CN(C[C@@H]1C[C@H](F)CN1Cc1cncnc1)C(=O)CC[C@H]1CCOC1. The van der Waals surface area contributed by atoms with Crippen LogP contribution in [-0.4, -0.2) is 71.2 Å². The van der Waals surface area contributed by atoms with E-state index in [4.69, 9.17) is 4.74 Å². The minimum Gasteiger partial charge on any atom is -0.381 e. The van der Waals surface area contributed by atoms with E-state index >= 15 is 0 Å². The maximum atomic E-state index is 13.9. The minimum absolute atomic E-state index is 0.0407. The van der Waals surface area contributed by atoms with Gasteiger partial charge in [0.1, 0.15) is 12.5 Å². The van der Waals surface area contributed by atoms with Crippen molar-refractivity contribution in [3.63, 3.8) is 0 Å². The van der Waals surface area contributed by atoms with Gasteiger partial charge >= 0.3 is 0 Å². The largest absolute Gasteiger partial charge is 0.381 e. The molecular formula is C18H27FN4O2. The van der Waals surface area contributed by atoms with Gasteiger partial charge in [-0.25, -0.2) is 14.4 Å². The Labute approximate surface area is 148 Å². The van der Waals surface area contributed by atoms with Gasteiger partial charge < -0.3 is 9.64 Å². The molecular weight excluding hydrogens is 323 g/mol. The first kappa shape index (κ1) is 18.2. The zero-order valence-electron chi connectivity index (χ0n) is 14.8. The van der Waals surface area contributed by atoms with E-state index in [0.29, 0.717) is 38.4 Å². The second-order valence-corrected chi connectivity index (χ2v) is 7.21. The summed E-state index contributed by atoms with van der Waals surface area (Å²) in [4.78, 5) is 24.3. The summed E-state index contributed by atoms with van der Waals surface area (Å²) in [6.07, 6.45) is 7.12. The van der Waals surface area contributed by atoms with Crippen LogP contribution in [0.3, 0.4) is 0 Å². The molecule has 0 spiro atoms. The number of amides is 1.